The Morgan fingerprint density at radius 3 is 2.27 bits per heavy atom. The van der Waals surface area contributed by atoms with E-state index in [2.05, 4.69) is 17.6 Å². The van der Waals surface area contributed by atoms with Crippen molar-refractivity contribution >= 4 is 28.9 Å². The lowest BCUT2D eigenvalue weighted by atomic mass is 10.1. The number of rotatable bonds is 7. The lowest BCUT2D eigenvalue weighted by Crippen LogP contribution is -2.19. The smallest absolute Gasteiger partial charge is 0.282 e. The van der Waals surface area contributed by atoms with Gasteiger partial charge in [-0.15, -0.1) is 0 Å². The van der Waals surface area contributed by atoms with E-state index in [4.69, 9.17) is 0 Å². The number of para-hydroxylation sites is 2. The van der Waals surface area contributed by atoms with Crippen LogP contribution in [-0.4, -0.2) is 16.7 Å². The fourth-order valence-electron chi connectivity index (χ4n) is 3.10. The van der Waals surface area contributed by atoms with Gasteiger partial charge < -0.3 is 10.6 Å². The Kier molecular flexibility index (Phi) is 6.54. The molecule has 0 spiro atoms. The summed E-state index contributed by atoms with van der Waals surface area (Å²) in [4.78, 5) is 36.0. The number of nitrogens with one attached hydrogen (secondary N) is 2. The minimum atomic E-state index is -0.660. The lowest BCUT2D eigenvalue weighted by molar-refractivity contribution is -0.385. The molecule has 2 N–H and O–H groups in total. The van der Waals surface area contributed by atoms with E-state index in [1.54, 1.807) is 36.4 Å². The summed E-state index contributed by atoms with van der Waals surface area (Å²) in [5.74, 6) is -1.05. The number of nitro benzene ring substituents is 1. The highest BCUT2D eigenvalue weighted by Gasteiger charge is 2.21. The fourth-order valence-corrected chi connectivity index (χ4v) is 3.10. The van der Waals surface area contributed by atoms with Gasteiger partial charge >= 0.3 is 0 Å². The van der Waals surface area contributed by atoms with E-state index >= 15 is 0 Å². The Balaban J connectivity index is 1.82. The minimum absolute atomic E-state index is 0.0787. The Morgan fingerprint density at radius 1 is 0.867 bits per heavy atom. The van der Waals surface area contributed by atoms with Gasteiger partial charge in [-0.3, -0.25) is 19.7 Å². The summed E-state index contributed by atoms with van der Waals surface area (Å²) in [5.41, 5.74) is 1.92. The summed E-state index contributed by atoms with van der Waals surface area (Å²) in [6, 6.07) is 19.8. The normalized spacial score (nSPS) is 10.3. The summed E-state index contributed by atoms with van der Waals surface area (Å²) < 4.78 is 0. The maximum atomic E-state index is 12.8. The van der Waals surface area contributed by atoms with Crippen LogP contribution in [0.4, 0.5) is 17.1 Å². The molecule has 152 valence electrons. The molecule has 7 nitrogen and oxygen atoms in total. The Bertz CT molecular complexity index is 1100. The average molecular weight is 403 g/mol. The van der Waals surface area contributed by atoms with Crippen LogP contribution in [0, 0.1) is 10.1 Å². The second-order valence-corrected chi connectivity index (χ2v) is 6.68. The zero-order chi connectivity index (χ0) is 21.5. The van der Waals surface area contributed by atoms with Crippen molar-refractivity contribution in [3.8, 4) is 0 Å². The summed E-state index contributed by atoms with van der Waals surface area (Å²) in [5, 5.41) is 16.7. The molecule has 0 aliphatic heterocycles. The van der Waals surface area contributed by atoms with Crippen LogP contribution in [-0.2, 0) is 6.42 Å². The highest BCUT2D eigenvalue weighted by Crippen LogP contribution is 2.22. The van der Waals surface area contributed by atoms with Crippen LogP contribution in [0.15, 0.2) is 72.8 Å². The molecule has 0 aromatic heterocycles. The third kappa shape index (κ3) is 4.88. The summed E-state index contributed by atoms with van der Waals surface area (Å²) in [6.07, 6.45) is 1.91. The van der Waals surface area contributed by atoms with Crippen molar-refractivity contribution < 1.29 is 14.5 Å². The van der Waals surface area contributed by atoms with E-state index in [0.29, 0.717) is 5.69 Å². The largest absolute Gasteiger partial charge is 0.322 e. The number of anilines is 2. The van der Waals surface area contributed by atoms with Gasteiger partial charge in [0.15, 0.2) is 0 Å². The topological polar surface area (TPSA) is 101 Å². The molecule has 0 fully saturated rings. The van der Waals surface area contributed by atoms with Crippen molar-refractivity contribution in [2.45, 2.75) is 19.8 Å². The molecule has 0 atom stereocenters. The number of hydrogen-bond donors (Lipinski definition) is 2. The predicted octanol–water partition coefficient (Wildman–Crippen LogP) is 5.05. The van der Waals surface area contributed by atoms with Crippen molar-refractivity contribution in [2.75, 3.05) is 10.6 Å². The van der Waals surface area contributed by atoms with Crippen molar-refractivity contribution in [1.29, 1.82) is 0 Å². The number of nitrogens with zero attached hydrogens (tertiary/aromatic N) is 1. The summed E-state index contributed by atoms with van der Waals surface area (Å²) in [7, 11) is 0. The Morgan fingerprint density at radius 2 is 1.53 bits per heavy atom. The molecule has 7 heteroatoms. The second-order valence-electron chi connectivity index (χ2n) is 6.68. The Hall–Kier alpha value is -4.00. The van der Waals surface area contributed by atoms with E-state index in [1.807, 2.05) is 18.2 Å². The zero-order valence-electron chi connectivity index (χ0n) is 16.4. The molecule has 0 saturated heterocycles. The van der Waals surface area contributed by atoms with Crippen molar-refractivity contribution in [1.82, 2.24) is 0 Å². The molecule has 0 heterocycles. The number of carbonyl (C=O) groups is 2. The van der Waals surface area contributed by atoms with Crippen LogP contribution in [0.25, 0.3) is 0 Å². The van der Waals surface area contributed by atoms with Gasteiger partial charge in [0.2, 0.25) is 0 Å². The first-order chi connectivity index (χ1) is 14.5. The van der Waals surface area contributed by atoms with E-state index in [0.717, 1.165) is 18.4 Å². The predicted molar refractivity (Wildman–Crippen MR) is 116 cm³/mol. The van der Waals surface area contributed by atoms with E-state index in [9.17, 15) is 19.7 Å². The molecule has 30 heavy (non-hydrogen) atoms. The van der Waals surface area contributed by atoms with Crippen LogP contribution >= 0.6 is 0 Å². The maximum Gasteiger partial charge on any atom is 0.282 e. The molecule has 0 unspecified atom stereocenters. The van der Waals surface area contributed by atoms with E-state index in [-0.39, 0.29) is 28.4 Å². The third-order valence-electron chi connectivity index (χ3n) is 4.49. The minimum Gasteiger partial charge on any atom is -0.322 e. The molecular formula is C23H21N3O4. The maximum absolute atomic E-state index is 12.8. The van der Waals surface area contributed by atoms with Crippen LogP contribution in [0.1, 0.15) is 39.6 Å². The number of carbonyl (C=O) groups excluding carboxylic acids is 2. The quantitative estimate of drug-likeness (QED) is 0.426. The molecule has 0 saturated carbocycles. The summed E-state index contributed by atoms with van der Waals surface area (Å²) >= 11 is 0. The van der Waals surface area contributed by atoms with E-state index < -0.39 is 10.8 Å². The van der Waals surface area contributed by atoms with Gasteiger partial charge in [0.1, 0.15) is 5.56 Å². The zero-order valence-corrected chi connectivity index (χ0v) is 16.4. The van der Waals surface area contributed by atoms with Crippen LogP contribution in [0.5, 0.6) is 0 Å². The van der Waals surface area contributed by atoms with Gasteiger partial charge in [0, 0.05) is 11.8 Å². The molecular weight excluding hydrogens is 382 g/mol. The average Bonchev–Trinajstić information content (AvgIpc) is 2.74. The number of amides is 2. The summed E-state index contributed by atoms with van der Waals surface area (Å²) in [6.45, 7) is 2.08. The molecule has 3 rings (SSSR count). The molecule has 0 radical (unpaired) electrons. The Labute approximate surface area is 173 Å². The van der Waals surface area contributed by atoms with Crippen LogP contribution in [0.2, 0.25) is 0 Å². The number of nitro groups is 1. The monoisotopic (exact) mass is 403 g/mol. The number of benzene rings is 3. The fraction of sp³-hybridized carbons (Fsp3) is 0.130. The number of hydrogen-bond acceptors (Lipinski definition) is 4. The van der Waals surface area contributed by atoms with Crippen molar-refractivity contribution in [3.05, 3.63) is 99.6 Å². The molecule has 3 aromatic carbocycles. The second kappa shape index (κ2) is 9.47. The first kappa shape index (κ1) is 20.7. The highest BCUT2D eigenvalue weighted by molar-refractivity contribution is 6.13. The third-order valence-corrected chi connectivity index (χ3v) is 4.49. The van der Waals surface area contributed by atoms with E-state index in [1.165, 1.54) is 18.2 Å². The molecule has 0 aliphatic carbocycles. The van der Waals surface area contributed by atoms with Gasteiger partial charge in [-0.2, -0.15) is 0 Å². The van der Waals surface area contributed by atoms with Gasteiger partial charge in [-0.1, -0.05) is 49.7 Å². The van der Waals surface area contributed by atoms with Gasteiger partial charge in [-0.25, -0.2) is 0 Å². The number of aryl methyl sites for hydroxylation is 1. The van der Waals surface area contributed by atoms with Crippen molar-refractivity contribution in [3.63, 3.8) is 0 Å². The highest BCUT2D eigenvalue weighted by atomic mass is 16.6. The molecule has 0 aliphatic rings. The van der Waals surface area contributed by atoms with Crippen molar-refractivity contribution in [2.24, 2.45) is 0 Å². The lowest BCUT2D eigenvalue weighted by Gasteiger charge is -2.12. The van der Waals surface area contributed by atoms with Crippen LogP contribution in [0.3, 0.4) is 0 Å². The van der Waals surface area contributed by atoms with Crippen LogP contribution < -0.4 is 10.6 Å². The first-order valence-corrected chi connectivity index (χ1v) is 9.53. The van der Waals surface area contributed by atoms with Gasteiger partial charge in [0.05, 0.1) is 16.2 Å². The standard InChI is InChI=1S/C23H21N3O4/c1-2-8-16-9-7-10-17(15-16)24-22(27)18-11-3-5-13-20(18)25-23(28)19-12-4-6-14-21(19)26(29)30/h3-7,9-15H,2,8H2,1H3,(H,24,27)(H,25,28). The first-order valence-electron chi connectivity index (χ1n) is 9.53. The molecule has 0 bridgehead atoms. The van der Waals surface area contributed by atoms with Gasteiger partial charge in [0.25, 0.3) is 17.5 Å². The molecule has 3 aromatic rings. The van der Waals surface area contributed by atoms with Gasteiger partial charge in [-0.05, 0) is 42.3 Å². The molecule has 2 amide bonds. The SMILES string of the molecule is CCCc1cccc(NC(=O)c2ccccc2NC(=O)c2ccccc2[N+](=O)[O-])c1.